The quantitative estimate of drug-likeness (QED) is 0.343. The van der Waals surface area contributed by atoms with Gasteiger partial charge in [-0.05, 0) is 62.3 Å². The first-order chi connectivity index (χ1) is 15.3. The molecule has 0 aliphatic heterocycles. The van der Waals surface area contributed by atoms with Gasteiger partial charge in [0.2, 0.25) is 5.95 Å². The number of amides is 1. The molecule has 0 saturated heterocycles. The van der Waals surface area contributed by atoms with Crippen molar-refractivity contribution in [1.82, 2.24) is 19.5 Å². The molecule has 0 saturated carbocycles. The molecule has 0 atom stereocenters. The van der Waals surface area contributed by atoms with Crippen LogP contribution in [0.3, 0.4) is 0 Å². The number of esters is 2. The topological polar surface area (TPSA) is 126 Å². The molecule has 12 heteroatoms. The fourth-order valence-electron chi connectivity index (χ4n) is 2.69. The largest absolute Gasteiger partial charge is 0.459 e. The summed E-state index contributed by atoms with van der Waals surface area (Å²) in [7, 11) is 0. The van der Waals surface area contributed by atoms with E-state index in [-0.39, 0.29) is 28.8 Å². The maximum Gasteiger partial charge on any atom is 0.417 e. The third kappa shape index (κ3) is 8.12. The molecule has 0 spiro atoms. The summed E-state index contributed by atoms with van der Waals surface area (Å²) in [5.41, 5.74) is -1.90. The van der Waals surface area contributed by atoms with Crippen LogP contribution in [0.25, 0.3) is 11.2 Å². The Kier molecular flexibility index (Phi) is 7.81. The number of hydrogen-bond donors (Lipinski definition) is 0. The average molecular weight is 498 g/mol. The number of imidazole rings is 1. The van der Waals surface area contributed by atoms with Crippen molar-refractivity contribution in [2.45, 2.75) is 85.7 Å². The van der Waals surface area contributed by atoms with Crippen molar-refractivity contribution in [2.24, 2.45) is 0 Å². The van der Waals surface area contributed by atoms with Gasteiger partial charge in [-0.2, -0.15) is 9.97 Å². The smallest absolute Gasteiger partial charge is 0.417 e. The number of hydrogen-bond acceptors (Lipinski definition) is 9. The highest BCUT2D eigenvalue weighted by molar-refractivity contribution is 6.33. The Morgan fingerprint density at radius 1 is 0.882 bits per heavy atom. The summed E-state index contributed by atoms with van der Waals surface area (Å²) in [4.78, 5) is 51.4. The van der Waals surface area contributed by atoms with Crippen molar-refractivity contribution in [3.05, 3.63) is 11.5 Å². The average Bonchev–Trinajstić information content (AvgIpc) is 2.98. The van der Waals surface area contributed by atoms with Crippen molar-refractivity contribution in [1.29, 1.82) is 0 Å². The Morgan fingerprint density at radius 3 is 1.94 bits per heavy atom. The number of carbonyl (C=O) groups is 3. The van der Waals surface area contributed by atoms with Crippen LogP contribution in [0, 0.1) is 0 Å². The number of aromatic nitrogens is 4. The zero-order valence-corrected chi connectivity index (χ0v) is 21.8. The molecule has 2 heterocycles. The zero-order valence-electron chi connectivity index (χ0n) is 21.1. The van der Waals surface area contributed by atoms with E-state index in [2.05, 4.69) is 15.0 Å². The van der Waals surface area contributed by atoms with Crippen LogP contribution in [-0.4, -0.2) is 60.9 Å². The molecule has 0 N–H and O–H groups in total. The van der Waals surface area contributed by atoms with Gasteiger partial charge in [-0.25, -0.2) is 14.7 Å². The number of carbonyl (C=O) groups excluding carboxylic acids is 3. The van der Waals surface area contributed by atoms with Crippen LogP contribution >= 0.6 is 11.6 Å². The Labute approximate surface area is 203 Å². The third-order valence-electron chi connectivity index (χ3n) is 3.69. The van der Waals surface area contributed by atoms with E-state index in [1.165, 1.54) is 10.9 Å². The summed E-state index contributed by atoms with van der Waals surface area (Å²) in [6.45, 7) is 14.7. The van der Waals surface area contributed by atoms with E-state index in [0.29, 0.717) is 0 Å². The van der Waals surface area contributed by atoms with Crippen LogP contribution in [0.2, 0.25) is 5.15 Å². The van der Waals surface area contributed by atoms with Crippen LogP contribution in [0.15, 0.2) is 6.33 Å². The SMILES string of the molecule is CC(C)(C)OC(=O)CN(C(=O)OC(C)(C)C)c1nc(Cl)c2ncn(CC(=O)OC(C)(C)C)c2n1. The molecule has 2 rings (SSSR count). The molecule has 0 aromatic carbocycles. The van der Waals surface area contributed by atoms with Crippen molar-refractivity contribution < 1.29 is 28.6 Å². The summed E-state index contributed by atoms with van der Waals surface area (Å²) < 4.78 is 17.5. The number of rotatable bonds is 5. The maximum absolute atomic E-state index is 12.9. The molecule has 2 aromatic rings. The predicted molar refractivity (Wildman–Crippen MR) is 126 cm³/mol. The monoisotopic (exact) mass is 497 g/mol. The summed E-state index contributed by atoms with van der Waals surface area (Å²) in [5.74, 6) is -1.41. The van der Waals surface area contributed by atoms with Crippen LogP contribution in [0.4, 0.5) is 10.7 Å². The van der Waals surface area contributed by atoms with E-state index in [0.717, 1.165) is 4.90 Å². The van der Waals surface area contributed by atoms with Gasteiger partial charge in [-0.15, -0.1) is 0 Å². The third-order valence-corrected chi connectivity index (χ3v) is 3.96. The second-order valence-electron chi connectivity index (χ2n) is 10.6. The molecule has 0 bridgehead atoms. The second kappa shape index (κ2) is 9.73. The molecular formula is C22H32ClN5O6. The molecule has 1 amide bonds. The maximum atomic E-state index is 12.9. The van der Waals surface area contributed by atoms with E-state index >= 15 is 0 Å². The van der Waals surface area contributed by atoms with E-state index in [1.807, 2.05) is 0 Å². The van der Waals surface area contributed by atoms with Gasteiger partial charge in [-0.3, -0.25) is 9.59 Å². The van der Waals surface area contributed by atoms with E-state index in [4.69, 9.17) is 25.8 Å². The normalized spacial score (nSPS) is 12.4. The Bertz CT molecular complexity index is 1080. The van der Waals surface area contributed by atoms with E-state index in [1.54, 1.807) is 62.3 Å². The standard InChI is InChI=1S/C22H32ClN5O6/c1-20(2,3)32-13(29)10-27-12-24-15-16(23)25-18(26-17(15)27)28(19(31)34-22(7,8)9)11-14(30)33-21(4,5)6/h12H,10-11H2,1-9H3. The van der Waals surface area contributed by atoms with Crippen LogP contribution in [0.5, 0.6) is 0 Å². The molecule has 34 heavy (non-hydrogen) atoms. The van der Waals surface area contributed by atoms with Gasteiger partial charge in [-0.1, -0.05) is 11.6 Å². The lowest BCUT2D eigenvalue weighted by Gasteiger charge is -2.27. The van der Waals surface area contributed by atoms with Gasteiger partial charge in [0.05, 0.1) is 6.33 Å². The molecule has 2 aromatic heterocycles. The van der Waals surface area contributed by atoms with Crippen molar-refractivity contribution in [2.75, 3.05) is 11.4 Å². The summed E-state index contributed by atoms with van der Waals surface area (Å²) >= 11 is 6.31. The fourth-order valence-corrected chi connectivity index (χ4v) is 2.89. The van der Waals surface area contributed by atoms with Crippen LogP contribution in [0.1, 0.15) is 62.3 Å². The molecule has 11 nitrogen and oxygen atoms in total. The van der Waals surface area contributed by atoms with Gasteiger partial charge in [0.1, 0.15) is 35.4 Å². The lowest BCUT2D eigenvalue weighted by molar-refractivity contribution is -0.155. The highest BCUT2D eigenvalue weighted by atomic mass is 35.5. The van der Waals surface area contributed by atoms with Gasteiger partial charge in [0.15, 0.2) is 10.8 Å². The van der Waals surface area contributed by atoms with E-state index < -0.39 is 41.4 Å². The summed E-state index contributed by atoms with van der Waals surface area (Å²) in [6, 6.07) is 0. The van der Waals surface area contributed by atoms with Crippen LogP contribution < -0.4 is 4.90 Å². The van der Waals surface area contributed by atoms with Crippen LogP contribution in [-0.2, 0) is 30.3 Å². The molecule has 0 unspecified atom stereocenters. The number of nitrogens with zero attached hydrogens (tertiary/aromatic N) is 5. The summed E-state index contributed by atoms with van der Waals surface area (Å²) in [6.07, 6.45) is 0.497. The highest BCUT2D eigenvalue weighted by Crippen LogP contribution is 2.24. The number of anilines is 1. The molecule has 0 aliphatic carbocycles. The highest BCUT2D eigenvalue weighted by Gasteiger charge is 2.31. The van der Waals surface area contributed by atoms with Gasteiger partial charge in [0.25, 0.3) is 0 Å². The fraction of sp³-hybridized carbons (Fsp3) is 0.636. The lowest BCUT2D eigenvalue weighted by atomic mass is 10.2. The minimum absolute atomic E-state index is 0.0688. The van der Waals surface area contributed by atoms with Crippen molar-refractivity contribution in [3.63, 3.8) is 0 Å². The Morgan fingerprint density at radius 2 is 1.41 bits per heavy atom. The first-order valence-electron chi connectivity index (χ1n) is 10.7. The van der Waals surface area contributed by atoms with Crippen molar-refractivity contribution in [3.8, 4) is 0 Å². The molecule has 188 valence electrons. The zero-order chi connectivity index (χ0) is 26.1. The predicted octanol–water partition coefficient (Wildman–Crippen LogP) is 3.90. The van der Waals surface area contributed by atoms with Gasteiger partial charge < -0.3 is 18.8 Å². The molecule has 0 radical (unpaired) electrons. The Balaban J connectivity index is 2.48. The number of ether oxygens (including phenoxy) is 3. The molecule has 0 aliphatic rings. The molecular weight excluding hydrogens is 466 g/mol. The minimum atomic E-state index is -0.869. The van der Waals surface area contributed by atoms with E-state index in [9.17, 15) is 14.4 Å². The summed E-state index contributed by atoms with van der Waals surface area (Å²) in [5, 5.41) is -0.0688. The Hall–Kier alpha value is -2.95. The minimum Gasteiger partial charge on any atom is -0.459 e. The second-order valence-corrected chi connectivity index (χ2v) is 11.0. The first-order valence-corrected chi connectivity index (χ1v) is 11.0. The van der Waals surface area contributed by atoms with Gasteiger partial charge >= 0.3 is 18.0 Å². The number of fused-ring (bicyclic) bond motifs is 1. The molecule has 0 fully saturated rings. The van der Waals surface area contributed by atoms with Gasteiger partial charge in [0, 0.05) is 0 Å². The first kappa shape index (κ1) is 27.3. The van der Waals surface area contributed by atoms with Crippen molar-refractivity contribution >= 4 is 46.7 Å². The lowest BCUT2D eigenvalue weighted by Crippen LogP contribution is -2.42. The number of halogens is 1.